The Labute approximate surface area is 168 Å². The number of primary amides is 1. The molecule has 0 aromatic carbocycles. The van der Waals surface area contributed by atoms with Crippen LogP contribution in [0.2, 0.25) is 0 Å². The molecule has 0 atom stereocenters. The highest BCUT2D eigenvalue weighted by atomic mass is 16.1. The van der Waals surface area contributed by atoms with Crippen LogP contribution in [0.5, 0.6) is 0 Å². The van der Waals surface area contributed by atoms with Crippen molar-refractivity contribution in [2.24, 2.45) is 11.7 Å². The molecule has 2 aliphatic rings. The Morgan fingerprint density at radius 2 is 1.68 bits per heavy atom. The summed E-state index contributed by atoms with van der Waals surface area (Å²) in [6.07, 6.45) is 3.95. The summed E-state index contributed by atoms with van der Waals surface area (Å²) in [6, 6.07) is 3.80. The maximum absolute atomic E-state index is 11.4. The minimum absolute atomic E-state index is 0.0516. The van der Waals surface area contributed by atoms with Gasteiger partial charge in [0.1, 0.15) is 5.82 Å². The number of hydrogen-bond donors (Lipinski definition) is 1. The van der Waals surface area contributed by atoms with Crippen molar-refractivity contribution in [3.63, 3.8) is 0 Å². The van der Waals surface area contributed by atoms with E-state index >= 15 is 0 Å². The van der Waals surface area contributed by atoms with Gasteiger partial charge in [0, 0.05) is 44.5 Å². The van der Waals surface area contributed by atoms with Crippen LogP contribution in [-0.4, -0.2) is 78.8 Å². The molecule has 156 valence electrons. The summed E-state index contributed by atoms with van der Waals surface area (Å²) in [4.78, 5) is 33.8. The molecule has 1 amide bonds. The van der Waals surface area contributed by atoms with E-state index in [9.17, 15) is 9.59 Å². The number of ketones is 1. The zero-order chi connectivity index (χ0) is 20.5. The van der Waals surface area contributed by atoms with Crippen LogP contribution in [0.3, 0.4) is 0 Å². The SMILES string of the molecule is CC.CC(=O)c1ccc(N2CCN(CC3CCN(CC(N)=O)CC3)CC2)nc1. The second-order valence-corrected chi connectivity index (χ2v) is 7.43. The maximum Gasteiger partial charge on any atom is 0.231 e. The molecule has 0 aliphatic carbocycles. The molecule has 7 nitrogen and oxygen atoms in total. The molecule has 2 aliphatic heterocycles. The molecule has 1 aromatic heterocycles. The van der Waals surface area contributed by atoms with Crippen molar-refractivity contribution in [2.45, 2.75) is 33.6 Å². The molecule has 0 radical (unpaired) electrons. The lowest BCUT2D eigenvalue weighted by atomic mass is 9.96. The van der Waals surface area contributed by atoms with Gasteiger partial charge >= 0.3 is 0 Å². The molecule has 28 heavy (non-hydrogen) atoms. The number of hydrogen-bond acceptors (Lipinski definition) is 6. The number of nitrogens with zero attached hydrogens (tertiary/aromatic N) is 4. The molecule has 0 spiro atoms. The van der Waals surface area contributed by atoms with Gasteiger partial charge in [-0.3, -0.25) is 19.4 Å². The van der Waals surface area contributed by atoms with Gasteiger partial charge in [-0.05, 0) is 50.9 Å². The Morgan fingerprint density at radius 3 is 2.18 bits per heavy atom. The predicted molar refractivity (Wildman–Crippen MR) is 113 cm³/mol. The van der Waals surface area contributed by atoms with E-state index in [1.165, 1.54) is 0 Å². The van der Waals surface area contributed by atoms with Crippen molar-refractivity contribution in [2.75, 3.05) is 57.3 Å². The Kier molecular flexibility index (Phi) is 8.86. The molecular formula is C21H35N5O2. The Morgan fingerprint density at radius 1 is 1.04 bits per heavy atom. The molecule has 0 saturated carbocycles. The van der Waals surface area contributed by atoms with E-state index in [2.05, 4.69) is 19.7 Å². The summed E-state index contributed by atoms with van der Waals surface area (Å²) in [5.74, 6) is 1.48. The highest BCUT2D eigenvalue weighted by Gasteiger charge is 2.24. The maximum atomic E-state index is 11.4. The number of piperidine rings is 1. The monoisotopic (exact) mass is 389 g/mol. The fraction of sp³-hybridized carbons (Fsp3) is 0.667. The van der Waals surface area contributed by atoms with E-state index < -0.39 is 0 Å². The molecule has 1 aromatic rings. The summed E-state index contributed by atoms with van der Waals surface area (Å²) in [7, 11) is 0. The molecule has 2 fully saturated rings. The second kappa shape index (κ2) is 11.1. The van der Waals surface area contributed by atoms with Gasteiger partial charge in [-0.2, -0.15) is 0 Å². The van der Waals surface area contributed by atoms with Gasteiger partial charge in [-0.1, -0.05) is 13.8 Å². The number of likely N-dealkylation sites (tertiary alicyclic amines) is 1. The van der Waals surface area contributed by atoms with Gasteiger partial charge in [0.25, 0.3) is 0 Å². The van der Waals surface area contributed by atoms with E-state index in [-0.39, 0.29) is 11.7 Å². The third-order valence-corrected chi connectivity index (χ3v) is 5.45. The lowest BCUT2D eigenvalue weighted by Crippen LogP contribution is -2.49. The zero-order valence-corrected chi connectivity index (χ0v) is 17.6. The number of amides is 1. The number of aromatic nitrogens is 1. The van der Waals surface area contributed by atoms with Crippen molar-refractivity contribution in [1.82, 2.24) is 14.8 Å². The van der Waals surface area contributed by atoms with Gasteiger partial charge in [-0.15, -0.1) is 0 Å². The average molecular weight is 390 g/mol. The van der Waals surface area contributed by atoms with E-state index in [4.69, 9.17) is 5.73 Å². The summed E-state index contributed by atoms with van der Waals surface area (Å²) < 4.78 is 0. The number of anilines is 1. The van der Waals surface area contributed by atoms with Crippen LogP contribution in [0.15, 0.2) is 18.3 Å². The fourth-order valence-electron chi connectivity index (χ4n) is 3.85. The molecule has 2 N–H and O–H groups in total. The fourth-order valence-corrected chi connectivity index (χ4v) is 3.85. The van der Waals surface area contributed by atoms with Crippen LogP contribution in [0.4, 0.5) is 5.82 Å². The standard InChI is InChI=1S/C19H29N5O2.C2H6/c1-15(25)17-2-3-19(21-12-17)24-10-8-23(9-11-24)13-16-4-6-22(7-5-16)14-18(20)26;1-2/h2-3,12,16H,4-11,13-14H2,1H3,(H2,20,26);1-2H3. The minimum atomic E-state index is -0.232. The molecule has 3 rings (SSSR count). The third-order valence-electron chi connectivity index (χ3n) is 5.45. The first-order valence-electron chi connectivity index (χ1n) is 10.5. The third kappa shape index (κ3) is 6.56. The lowest BCUT2D eigenvalue weighted by molar-refractivity contribution is -0.119. The van der Waals surface area contributed by atoms with Crippen molar-refractivity contribution in [3.05, 3.63) is 23.9 Å². The normalized spacial score (nSPS) is 19.0. The van der Waals surface area contributed by atoms with Crippen molar-refractivity contribution in [1.29, 1.82) is 0 Å². The van der Waals surface area contributed by atoms with Crippen LogP contribution in [0, 0.1) is 5.92 Å². The van der Waals surface area contributed by atoms with Crippen LogP contribution < -0.4 is 10.6 Å². The van der Waals surface area contributed by atoms with E-state index in [1.54, 1.807) is 13.1 Å². The van der Waals surface area contributed by atoms with Crippen LogP contribution >= 0.6 is 0 Å². The summed E-state index contributed by atoms with van der Waals surface area (Å²) >= 11 is 0. The number of piperazine rings is 1. The van der Waals surface area contributed by atoms with Crippen LogP contribution in [0.25, 0.3) is 0 Å². The first kappa shape index (κ1) is 22.3. The largest absolute Gasteiger partial charge is 0.369 e. The smallest absolute Gasteiger partial charge is 0.231 e. The number of nitrogens with two attached hydrogens (primary N) is 1. The second-order valence-electron chi connectivity index (χ2n) is 7.43. The average Bonchev–Trinajstić information content (AvgIpc) is 2.71. The van der Waals surface area contributed by atoms with Gasteiger partial charge in [0.15, 0.2) is 5.78 Å². The van der Waals surface area contributed by atoms with Gasteiger partial charge in [0.2, 0.25) is 5.91 Å². The van der Waals surface area contributed by atoms with Gasteiger partial charge in [0.05, 0.1) is 6.54 Å². The number of Topliss-reactive ketones (excluding diaryl/α,β-unsaturated/α-hetero) is 1. The lowest BCUT2D eigenvalue weighted by Gasteiger charge is -2.39. The van der Waals surface area contributed by atoms with Crippen LogP contribution in [0.1, 0.15) is 44.0 Å². The van der Waals surface area contributed by atoms with Gasteiger partial charge < -0.3 is 10.6 Å². The van der Waals surface area contributed by atoms with E-state index in [0.29, 0.717) is 18.0 Å². The number of rotatable bonds is 6. The van der Waals surface area contributed by atoms with Crippen LogP contribution in [-0.2, 0) is 4.79 Å². The minimum Gasteiger partial charge on any atom is -0.369 e. The number of carbonyl (C=O) groups is 2. The van der Waals surface area contributed by atoms with Crippen molar-refractivity contribution in [3.8, 4) is 0 Å². The number of pyridine rings is 1. The Bertz CT molecular complexity index is 618. The van der Waals surface area contributed by atoms with Crippen molar-refractivity contribution >= 4 is 17.5 Å². The highest BCUT2D eigenvalue weighted by Crippen LogP contribution is 2.20. The molecule has 2 saturated heterocycles. The Hall–Kier alpha value is -1.99. The molecule has 7 heteroatoms. The Balaban J connectivity index is 0.00000136. The first-order valence-corrected chi connectivity index (χ1v) is 10.5. The predicted octanol–water partition coefficient (Wildman–Crippen LogP) is 1.63. The number of carbonyl (C=O) groups excluding carboxylic acids is 2. The summed E-state index contributed by atoms with van der Waals surface area (Å²) in [6.45, 7) is 13.0. The molecular weight excluding hydrogens is 354 g/mol. The summed E-state index contributed by atoms with van der Waals surface area (Å²) in [5, 5.41) is 0. The zero-order valence-electron chi connectivity index (χ0n) is 17.6. The van der Waals surface area contributed by atoms with Gasteiger partial charge in [-0.25, -0.2) is 4.98 Å². The topological polar surface area (TPSA) is 82.8 Å². The van der Waals surface area contributed by atoms with E-state index in [0.717, 1.165) is 64.5 Å². The molecule has 0 bridgehead atoms. The summed E-state index contributed by atoms with van der Waals surface area (Å²) in [5.41, 5.74) is 5.94. The molecule has 0 unspecified atom stereocenters. The highest BCUT2D eigenvalue weighted by molar-refractivity contribution is 5.93. The first-order chi connectivity index (χ1) is 13.5. The quantitative estimate of drug-likeness (QED) is 0.745. The molecule has 3 heterocycles. The van der Waals surface area contributed by atoms with Crippen molar-refractivity contribution < 1.29 is 9.59 Å². The van der Waals surface area contributed by atoms with E-state index in [1.807, 2.05) is 26.0 Å².